The number of hydrogen-bond acceptors (Lipinski definition) is 2. The number of rotatable bonds is 4. The van der Waals surface area contributed by atoms with E-state index in [4.69, 9.17) is 5.73 Å². The zero-order valence-electron chi connectivity index (χ0n) is 13.8. The molecule has 112 valence electrons. The van der Waals surface area contributed by atoms with E-state index in [9.17, 15) is 0 Å². The molecule has 1 atom stereocenters. The smallest absolute Gasteiger partial charge is 0.0475 e. The molecule has 0 radical (unpaired) electrons. The molecule has 0 heterocycles. The highest BCUT2D eigenvalue weighted by Gasteiger charge is 2.13. The van der Waals surface area contributed by atoms with Crippen molar-refractivity contribution in [1.29, 1.82) is 0 Å². The Kier molecular flexibility index (Phi) is 4.69. The van der Waals surface area contributed by atoms with Crippen LogP contribution in [0.25, 0.3) is 0 Å². The summed E-state index contributed by atoms with van der Waals surface area (Å²) in [5, 5.41) is 0. The van der Waals surface area contributed by atoms with Gasteiger partial charge in [-0.2, -0.15) is 0 Å². The number of likely N-dealkylation sites (N-methyl/N-ethyl adjacent to an activating group) is 1. The van der Waals surface area contributed by atoms with Crippen LogP contribution in [0.4, 0.5) is 5.69 Å². The average Bonchev–Trinajstić information content (AvgIpc) is 2.40. The van der Waals surface area contributed by atoms with Crippen molar-refractivity contribution in [3.05, 3.63) is 64.2 Å². The molecule has 0 amide bonds. The van der Waals surface area contributed by atoms with Gasteiger partial charge < -0.3 is 10.6 Å². The molecule has 2 aromatic carbocycles. The van der Waals surface area contributed by atoms with Crippen molar-refractivity contribution in [3.8, 4) is 0 Å². The van der Waals surface area contributed by atoms with Gasteiger partial charge in [-0.3, -0.25) is 0 Å². The van der Waals surface area contributed by atoms with Crippen LogP contribution in [0.2, 0.25) is 0 Å². The van der Waals surface area contributed by atoms with E-state index in [1.807, 2.05) is 0 Å². The molecule has 2 heteroatoms. The maximum Gasteiger partial charge on any atom is 0.0475 e. The van der Waals surface area contributed by atoms with Gasteiger partial charge in [0.25, 0.3) is 0 Å². The maximum atomic E-state index is 6.44. The Morgan fingerprint density at radius 3 is 2.14 bits per heavy atom. The number of nitrogens with zero attached hydrogens (tertiary/aromatic N) is 1. The van der Waals surface area contributed by atoms with E-state index in [0.717, 1.165) is 6.54 Å². The first kappa shape index (κ1) is 15.6. The molecule has 0 bridgehead atoms. The molecular formula is C19H26N2. The number of anilines is 1. The lowest BCUT2D eigenvalue weighted by molar-refractivity contribution is 0.698. The van der Waals surface area contributed by atoms with Crippen LogP contribution in [-0.4, -0.2) is 13.6 Å². The second-order valence-corrected chi connectivity index (χ2v) is 6.19. The van der Waals surface area contributed by atoms with Gasteiger partial charge in [-0.1, -0.05) is 29.8 Å². The lowest BCUT2D eigenvalue weighted by Gasteiger charge is -2.25. The highest BCUT2D eigenvalue weighted by Crippen LogP contribution is 2.22. The van der Waals surface area contributed by atoms with E-state index in [2.05, 4.69) is 76.0 Å². The van der Waals surface area contributed by atoms with E-state index >= 15 is 0 Å². The van der Waals surface area contributed by atoms with Gasteiger partial charge in [0.15, 0.2) is 0 Å². The minimum atomic E-state index is 0.0238. The summed E-state index contributed by atoms with van der Waals surface area (Å²) in [6.45, 7) is 9.33. The topological polar surface area (TPSA) is 29.3 Å². The SMILES string of the molecule is Cc1cc(C)cc(N(C)CC(N)c2cc(C)ccc2C)c1. The monoisotopic (exact) mass is 282 g/mol. The zero-order valence-corrected chi connectivity index (χ0v) is 13.8. The molecule has 0 saturated heterocycles. The molecule has 2 aromatic rings. The summed E-state index contributed by atoms with van der Waals surface area (Å²) in [6.07, 6.45) is 0. The summed E-state index contributed by atoms with van der Waals surface area (Å²) in [5.41, 5.74) is 14.0. The van der Waals surface area contributed by atoms with Gasteiger partial charge in [0.1, 0.15) is 0 Å². The van der Waals surface area contributed by atoms with Crippen LogP contribution in [0, 0.1) is 27.7 Å². The Morgan fingerprint density at radius 2 is 1.52 bits per heavy atom. The molecule has 0 aliphatic rings. The third kappa shape index (κ3) is 3.85. The summed E-state index contributed by atoms with van der Waals surface area (Å²) in [5.74, 6) is 0. The largest absolute Gasteiger partial charge is 0.373 e. The fraction of sp³-hybridized carbons (Fsp3) is 0.368. The summed E-state index contributed by atoms with van der Waals surface area (Å²) in [6, 6.07) is 13.1. The lowest BCUT2D eigenvalue weighted by Crippen LogP contribution is -2.29. The highest BCUT2D eigenvalue weighted by atomic mass is 15.1. The molecule has 2 nitrogen and oxygen atoms in total. The van der Waals surface area contributed by atoms with Gasteiger partial charge in [-0.25, -0.2) is 0 Å². The molecular weight excluding hydrogens is 256 g/mol. The minimum Gasteiger partial charge on any atom is -0.373 e. The van der Waals surface area contributed by atoms with Crippen molar-refractivity contribution in [2.24, 2.45) is 5.73 Å². The summed E-state index contributed by atoms with van der Waals surface area (Å²) in [7, 11) is 2.11. The van der Waals surface area contributed by atoms with Crippen LogP contribution in [0.15, 0.2) is 36.4 Å². The zero-order chi connectivity index (χ0) is 15.6. The molecule has 0 saturated carbocycles. The Labute approximate surface area is 128 Å². The number of benzene rings is 2. The summed E-state index contributed by atoms with van der Waals surface area (Å²) < 4.78 is 0. The maximum absolute atomic E-state index is 6.44. The van der Waals surface area contributed by atoms with E-state index in [1.165, 1.54) is 33.5 Å². The molecule has 0 fully saturated rings. The van der Waals surface area contributed by atoms with Crippen LogP contribution in [0.3, 0.4) is 0 Å². The summed E-state index contributed by atoms with van der Waals surface area (Å²) >= 11 is 0. The van der Waals surface area contributed by atoms with Crippen molar-refractivity contribution in [1.82, 2.24) is 0 Å². The first-order valence-corrected chi connectivity index (χ1v) is 7.49. The van der Waals surface area contributed by atoms with Gasteiger partial charge in [-0.05, 0) is 62.1 Å². The van der Waals surface area contributed by atoms with Crippen molar-refractivity contribution < 1.29 is 0 Å². The Balaban J connectivity index is 2.18. The van der Waals surface area contributed by atoms with E-state index in [1.54, 1.807) is 0 Å². The Hall–Kier alpha value is -1.80. The van der Waals surface area contributed by atoms with E-state index in [-0.39, 0.29) is 6.04 Å². The van der Waals surface area contributed by atoms with Crippen LogP contribution in [0.5, 0.6) is 0 Å². The van der Waals surface area contributed by atoms with Gasteiger partial charge in [0.05, 0.1) is 0 Å². The Morgan fingerprint density at radius 1 is 0.905 bits per heavy atom. The first-order valence-electron chi connectivity index (χ1n) is 7.49. The second kappa shape index (κ2) is 6.31. The first-order chi connectivity index (χ1) is 9.86. The molecule has 0 spiro atoms. The molecule has 0 aliphatic heterocycles. The number of nitrogens with two attached hydrogens (primary N) is 1. The van der Waals surface area contributed by atoms with Gasteiger partial charge in [0.2, 0.25) is 0 Å². The van der Waals surface area contributed by atoms with Crippen molar-refractivity contribution in [2.45, 2.75) is 33.7 Å². The van der Waals surface area contributed by atoms with Gasteiger partial charge >= 0.3 is 0 Å². The minimum absolute atomic E-state index is 0.0238. The van der Waals surface area contributed by atoms with Crippen molar-refractivity contribution in [2.75, 3.05) is 18.5 Å². The predicted molar refractivity (Wildman–Crippen MR) is 92.0 cm³/mol. The lowest BCUT2D eigenvalue weighted by atomic mass is 9.99. The third-order valence-corrected chi connectivity index (χ3v) is 3.95. The molecule has 1 unspecified atom stereocenters. The average molecular weight is 282 g/mol. The quantitative estimate of drug-likeness (QED) is 0.916. The van der Waals surface area contributed by atoms with Gasteiger partial charge in [0, 0.05) is 25.3 Å². The van der Waals surface area contributed by atoms with E-state index in [0.29, 0.717) is 0 Å². The normalized spacial score (nSPS) is 12.3. The third-order valence-electron chi connectivity index (χ3n) is 3.95. The van der Waals surface area contributed by atoms with Crippen molar-refractivity contribution in [3.63, 3.8) is 0 Å². The predicted octanol–water partition coefficient (Wildman–Crippen LogP) is 4.06. The van der Waals surface area contributed by atoms with Crippen LogP contribution in [-0.2, 0) is 0 Å². The molecule has 0 aromatic heterocycles. The molecule has 21 heavy (non-hydrogen) atoms. The number of aryl methyl sites for hydroxylation is 4. The Bertz CT molecular complexity index is 611. The highest BCUT2D eigenvalue weighted by molar-refractivity contribution is 5.50. The number of hydrogen-bond donors (Lipinski definition) is 1. The van der Waals surface area contributed by atoms with E-state index < -0.39 is 0 Å². The van der Waals surface area contributed by atoms with Crippen LogP contribution < -0.4 is 10.6 Å². The van der Waals surface area contributed by atoms with Crippen LogP contribution >= 0.6 is 0 Å². The molecule has 2 rings (SSSR count). The standard InChI is InChI=1S/C19H26N2/c1-13-6-7-16(4)18(11-13)19(20)12-21(5)17-9-14(2)8-15(3)10-17/h6-11,19H,12,20H2,1-5H3. The molecule has 2 N–H and O–H groups in total. The van der Waals surface area contributed by atoms with Crippen molar-refractivity contribution >= 4 is 5.69 Å². The summed E-state index contributed by atoms with van der Waals surface area (Å²) in [4.78, 5) is 2.24. The fourth-order valence-electron chi connectivity index (χ4n) is 2.83. The van der Waals surface area contributed by atoms with Gasteiger partial charge in [-0.15, -0.1) is 0 Å². The second-order valence-electron chi connectivity index (χ2n) is 6.19. The van der Waals surface area contributed by atoms with Crippen LogP contribution in [0.1, 0.15) is 33.9 Å². The fourth-order valence-corrected chi connectivity index (χ4v) is 2.83. The molecule has 0 aliphatic carbocycles.